The van der Waals surface area contributed by atoms with Gasteiger partial charge < -0.3 is 11.1 Å². The number of piperidine rings is 1. The van der Waals surface area contributed by atoms with E-state index in [1.54, 1.807) is 0 Å². The molecule has 2 nitrogen and oxygen atoms in total. The summed E-state index contributed by atoms with van der Waals surface area (Å²) in [5, 5.41) is 3.36. The summed E-state index contributed by atoms with van der Waals surface area (Å²) in [7, 11) is 0. The highest BCUT2D eigenvalue weighted by Gasteiger charge is 2.30. The minimum absolute atomic E-state index is 0.302. The van der Waals surface area contributed by atoms with Crippen LogP contribution in [0.3, 0.4) is 0 Å². The van der Waals surface area contributed by atoms with Crippen LogP contribution in [0, 0.1) is 11.8 Å². The van der Waals surface area contributed by atoms with Crippen molar-refractivity contribution in [3.05, 3.63) is 0 Å². The largest absolute Gasteiger partial charge is 0.316 e. The van der Waals surface area contributed by atoms with Gasteiger partial charge in [0.05, 0.1) is 6.17 Å². The predicted molar refractivity (Wildman–Crippen MR) is 41.4 cm³/mol. The molecular weight excluding hydrogens is 124 g/mol. The Labute approximate surface area is 62.2 Å². The fourth-order valence-electron chi connectivity index (χ4n) is 2.31. The number of hydrogen-bond donors (Lipinski definition) is 2. The SMILES string of the molecule is NC1NCC2CCCC1C2. The molecule has 3 atom stereocenters. The van der Waals surface area contributed by atoms with Gasteiger partial charge in [-0.15, -0.1) is 0 Å². The maximum atomic E-state index is 5.87. The number of nitrogens with one attached hydrogen (secondary N) is 1. The molecule has 0 aromatic heterocycles. The minimum Gasteiger partial charge on any atom is -0.316 e. The maximum Gasteiger partial charge on any atom is 0.0575 e. The smallest absolute Gasteiger partial charge is 0.0575 e. The lowest BCUT2D eigenvalue weighted by atomic mass is 9.77. The van der Waals surface area contributed by atoms with Crippen molar-refractivity contribution in [1.29, 1.82) is 0 Å². The molecule has 0 radical (unpaired) electrons. The summed E-state index contributed by atoms with van der Waals surface area (Å²) < 4.78 is 0. The molecule has 0 spiro atoms. The predicted octanol–water partition coefficient (Wildman–Crippen LogP) is 0.681. The van der Waals surface area contributed by atoms with Gasteiger partial charge in [0.15, 0.2) is 0 Å². The molecule has 3 N–H and O–H groups in total. The Kier molecular flexibility index (Phi) is 1.66. The first-order chi connectivity index (χ1) is 4.86. The average molecular weight is 140 g/mol. The zero-order chi connectivity index (χ0) is 6.97. The molecule has 58 valence electrons. The van der Waals surface area contributed by atoms with Crippen LogP contribution < -0.4 is 11.1 Å². The number of fused-ring (bicyclic) bond motifs is 2. The molecule has 1 saturated carbocycles. The summed E-state index contributed by atoms with van der Waals surface area (Å²) >= 11 is 0. The number of nitrogens with two attached hydrogens (primary N) is 1. The third kappa shape index (κ3) is 1.06. The molecule has 2 fully saturated rings. The van der Waals surface area contributed by atoms with E-state index in [0.29, 0.717) is 6.17 Å². The third-order valence-electron chi connectivity index (χ3n) is 2.97. The van der Waals surface area contributed by atoms with Gasteiger partial charge in [-0.05, 0) is 37.6 Å². The van der Waals surface area contributed by atoms with Crippen LogP contribution in [0.4, 0.5) is 0 Å². The summed E-state index contributed by atoms with van der Waals surface area (Å²) in [6, 6.07) is 0. The minimum atomic E-state index is 0.302. The standard InChI is InChI=1S/C8H16N2/c9-8-7-3-1-2-6(4-7)5-10-8/h6-8,10H,1-5,9H2. The van der Waals surface area contributed by atoms with E-state index in [9.17, 15) is 0 Å². The zero-order valence-corrected chi connectivity index (χ0v) is 6.34. The molecule has 2 bridgehead atoms. The Balaban J connectivity index is 2.00. The van der Waals surface area contributed by atoms with E-state index in [2.05, 4.69) is 5.32 Å². The van der Waals surface area contributed by atoms with Gasteiger partial charge >= 0.3 is 0 Å². The lowest BCUT2D eigenvalue weighted by Gasteiger charge is -2.39. The van der Waals surface area contributed by atoms with E-state index < -0.39 is 0 Å². The summed E-state index contributed by atoms with van der Waals surface area (Å²) in [5.74, 6) is 1.73. The molecule has 1 aliphatic carbocycles. The Morgan fingerprint density at radius 3 is 3.00 bits per heavy atom. The lowest BCUT2D eigenvalue weighted by Crippen LogP contribution is -2.52. The highest BCUT2D eigenvalue weighted by Crippen LogP contribution is 2.32. The van der Waals surface area contributed by atoms with Gasteiger partial charge in [-0.25, -0.2) is 0 Å². The molecule has 0 amide bonds. The quantitative estimate of drug-likeness (QED) is 0.519. The molecule has 2 rings (SSSR count). The Bertz CT molecular complexity index is 122. The van der Waals surface area contributed by atoms with E-state index in [1.165, 1.54) is 25.7 Å². The highest BCUT2D eigenvalue weighted by atomic mass is 15.0. The van der Waals surface area contributed by atoms with Gasteiger partial charge in [-0.3, -0.25) is 0 Å². The van der Waals surface area contributed by atoms with Crippen molar-refractivity contribution >= 4 is 0 Å². The number of hydrogen-bond acceptors (Lipinski definition) is 2. The van der Waals surface area contributed by atoms with Crippen LogP contribution in [0.2, 0.25) is 0 Å². The Morgan fingerprint density at radius 2 is 2.20 bits per heavy atom. The van der Waals surface area contributed by atoms with Gasteiger partial charge in [0, 0.05) is 0 Å². The molecular formula is C8H16N2. The summed E-state index contributed by atoms with van der Waals surface area (Å²) in [5.41, 5.74) is 5.87. The van der Waals surface area contributed by atoms with Crippen molar-refractivity contribution in [2.45, 2.75) is 31.8 Å². The summed E-state index contributed by atoms with van der Waals surface area (Å²) in [6.07, 6.45) is 5.87. The molecule has 1 heterocycles. The van der Waals surface area contributed by atoms with E-state index in [0.717, 1.165) is 18.4 Å². The number of rotatable bonds is 0. The zero-order valence-electron chi connectivity index (χ0n) is 6.34. The topological polar surface area (TPSA) is 38.0 Å². The van der Waals surface area contributed by atoms with Crippen LogP contribution in [-0.4, -0.2) is 12.7 Å². The van der Waals surface area contributed by atoms with Crippen LogP contribution in [0.15, 0.2) is 0 Å². The molecule has 0 aromatic carbocycles. The normalized spacial score (nSPS) is 47.1. The van der Waals surface area contributed by atoms with Gasteiger partial charge in [-0.1, -0.05) is 6.42 Å². The van der Waals surface area contributed by atoms with Gasteiger partial charge in [0.25, 0.3) is 0 Å². The van der Waals surface area contributed by atoms with E-state index in [1.807, 2.05) is 0 Å². The monoisotopic (exact) mass is 140 g/mol. The molecule has 2 aliphatic rings. The van der Waals surface area contributed by atoms with Crippen molar-refractivity contribution < 1.29 is 0 Å². The first kappa shape index (κ1) is 6.62. The van der Waals surface area contributed by atoms with E-state index in [-0.39, 0.29) is 0 Å². The van der Waals surface area contributed by atoms with Gasteiger partial charge in [0.1, 0.15) is 0 Å². The maximum absolute atomic E-state index is 5.87. The average Bonchev–Trinajstić information content (AvgIpc) is 1.99. The first-order valence-corrected chi connectivity index (χ1v) is 4.35. The van der Waals surface area contributed by atoms with Crippen molar-refractivity contribution in [2.75, 3.05) is 6.54 Å². The lowest BCUT2D eigenvalue weighted by molar-refractivity contribution is 0.157. The molecule has 0 aromatic rings. The van der Waals surface area contributed by atoms with Crippen molar-refractivity contribution in [2.24, 2.45) is 17.6 Å². The van der Waals surface area contributed by atoms with Crippen LogP contribution in [0.25, 0.3) is 0 Å². The first-order valence-electron chi connectivity index (χ1n) is 4.35. The molecule has 1 aliphatic heterocycles. The molecule has 2 heteroatoms. The van der Waals surface area contributed by atoms with Gasteiger partial charge in [0.2, 0.25) is 0 Å². The van der Waals surface area contributed by atoms with E-state index in [4.69, 9.17) is 5.73 Å². The van der Waals surface area contributed by atoms with Crippen LogP contribution >= 0.6 is 0 Å². The highest BCUT2D eigenvalue weighted by molar-refractivity contribution is 4.85. The van der Waals surface area contributed by atoms with Crippen molar-refractivity contribution in [3.8, 4) is 0 Å². The fraction of sp³-hybridized carbons (Fsp3) is 1.00. The summed E-state index contributed by atoms with van der Waals surface area (Å²) in [6.45, 7) is 1.16. The van der Waals surface area contributed by atoms with E-state index >= 15 is 0 Å². The second-order valence-corrected chi connectivity index (χ2v) is 3.73. The Morgan fingerprint density at radius 1 is 1.30 bits per heavy atom. The van der Waals surface area contributed by atoms with Crippen LogP contribution in [0.1, 0.15) is 25.7 Å². The van der Waals surface area contributed by atoms with Crippen LogP contribution in [-0.2, 0) is 0 Å². The van der Waals surface area contributed by atoms with Gasteiger partial charge in [-0.2, -0.15) is 0 Å². The fourth-order valence-corrected chi connectivity index (χ4v) is 2.31. The van der Waals surface area contributed by atoms with Crippen LogP contribution in [0.5, 0.6) is 0 Å². The second kappa shape index (κ2) is 2.51. The van der Waals surface area contributed by atoms with Crippen molar-refractivity contribution in [1.82, 2.24) is 5.32 Å². The summed E-state index contributed by atoms with van der Waals surface area (Å²) in [4.78, 5) is 0. The molecule has 3 unspecified atom stereocenters. The molecule has 1 saturated heterocycles. The second-order valence-electron chi connectivity index (χ2n) is 3.73. The Hall–Kier alpha value is -0.0800. The molecule has 10 heavy (non-hydrogen) atoms. The third-order valence-corrected chi connectivity index (χ3v) is 2.97. The van der Waals surface area contributed by atoms with Crippen molar-refractivity contribution in [3.63, 3.8) is 0 Å².